The molecule has 0 aliphatic rings. The van der Waals surface area contributed by atoms with Crippen LogP contribution in [0.1, 0.15) is 66.2 Å². The van der Waals surface area contributed by atoms with E-state index in [1.165, 1.54) is 25.7 Å². The standard InChI is InChI=1S/2C8H15.2Cu.H2S/c2*1-4-5-6-7-8(2)3;;;/h2*1,4,8H,5-7H2,2-3H3;;;1H2/q2*-1;+1;+2;/p-1. The summed E-state index contributed by atoms with van der Waals surface area (Å²) in [6.45, 7) is 19.3. The van der Waals surface area contributed by atoms with E-state index in [4.69, 9.17) is 13.2 Å². The van der Waals surface area contributed by atoms with Crippen LogP contribution in [0.2, 0.25) is 0 Å². The number of hydrogen-bond donors (Lipinski definition) is 0. The van der Waals surface area contributed by atoms with Crippen molar-refractivity contribution < 1.29 is 34.1 Å². The van der Waals surface area contributed by atoms with Crippen molar-refractivity contribution in [2.75, 3.05) is 0 Å². The van der Waals surface area contributed by atoms with Gasteiger partial charge in [-0.3, -0.25) is 12.2 Å². The van der Waals surface area contributed by atoms with Crippen LogP contribution in [0.4, 0.5) is 0 Å². The first kappa shape index (κ1) is 32.0. The van der Waals surface area contributed by atoms with Crippen LogP contribution in [0, 0.1) is 25.0 Å². The van der Waals surface area contributed by atoms with Crippen molar-refractivity contribution in [1.82, 2.24) is 0 Å². The van der Waals surface area contributed by atoms with Crippen molar-refractivity contribution in [3.63, 3.8) is 0 Å². The van der Waals surface area contributed by atoms with Gasteiger partial charge in [-0.15, -0.1) is 0 Å². The van der Waals surface area contributed by atoms with E-state index in [0.29, 0.717) is 0 Å². The van der Waals surface area contributed by atoms with Crippen LogP contribution in [0.15, 0.2) is 12.2 Å². The minimum Gasteiger partial charge on any atom is -0.813 e. The second-order valence-electron chi connectivity index (χ2n) is 5.12. The summed E-state index contributed by atoms with van der Waals surface area (Å²) >= 11 is 0. The van der Waals surface area contributed by atoms with E-state index in [1.807, 2.05) is 0 Å². The molecule has 1 radical (unpaired) electrons. The van der Waals surface area contributed by atoms with E-state index in [0.717, 1.165) is 24.7 Å². The van der Waals surface area contributed by atoms with Gasteiger partial charge < -0.3 is 26.7 Å². The number of unbranched alkanes of at least 4 members (excludes halogenated alkanes) is 2. The largest absolute Gasteiger partial charge is 2.00 e. The van der Waals surface area contributed by atoms with Crippen molar-refractivity contribution in [2.24, 2.45) is 11.8 Å². The maximum atomic E-state index is 5.19. The van der Waals surface area contributed by atoms with Crippen LogP contribution in [-0.2, 0) is 47.6 Å². The number of thiol groups is 1. The van der Waals surface area contributed by atoms with Gasteiger partial charge in [0, 0.05) is 0 Å². The fourth-order valence-corrected chi connectivity index (χ4v) is 1.29. The van der Waals surface area contributed by atoms with E-state index < -0.39 is 0 Å². The summed E-state index contributed by atoms with van der Waals surface area (Å²) in [5.74, 6) is 1.66. The molecule has 0 aromatic rings. The summed E-state index contributed by atoms with van der Waals surface area (Å²) in [4.78, 5) is 0. The Morgan fingerprint density at radius 1 is 0.789 bits per heavy atom. The van der Waals surface area contributed by atoms with Crippen LogP contribution >= 0.6 is 0 Å². The summed E-state index contributed by atoms with van der Waals surface area (Å²) in [7, 11) is 0. The molecule has 0 aromatic carbocycles. The van der Waals surface area contributed by atoms with Crippen molar-refractivity contribution in [2.45, 2.75) is 66.2 Å². The molecule has 0 saturated heterocycles. The van der Waals surface area contributed by atoms with Gasteiger partial charge in [-0.1, -0.05) is 66.2 Å². The SMILES string of the molecule is [CH-]=CCCCC(C)C.[CH-]=CCCCC(C)C.[Cu+2].[Cu+].[SH-]. The summed E-state index contributed by atoms with van der Waals surface area (Å²) in [6, 6.07) is 0. The average molecular weight is 383 g/mol. The third kappa shape index (κ3) is 45.5. The van der Waals surface area contributed by atoms with Gasteiger partial charge in [-0.25, -0.2) is 0 Å². The molecule has 19 heavy (non-hydrogen) atoms. The van der Waals surface area contributed by atoms with Crippen LogP contribution in [0.3, 0.4) is 0 Å². The van der Waals surface area contributed by atoms with Crippen molar-refractivity contribution in [1.29, 1.82) is 0 Å². The Kier molecular flexibility index (Phi) is 45.9. The Morgan fingerprint density at radius 2 is 1.05 bits per heavy atom. The Morgan fingerprint density at radius 3 is 1.21 bits per heavy atom. The van der Waals surface area contributed by atoms with Crippen molar-refractivity contribution in [3.8, 4) is 0 Å². The van der Waals surface area contributed by atoms with E-state index in [-0.39, 0.29) is 47.6 Å². The molecule has 0 aliphatic carbocycles. The predicted octanol–water partition coefficient (Wildman–Crippen LogP) is 5.33. The van der Waals surface area contributed by atoms with E-state index in [9.17, 15) is 0 Å². The molecule has 0 nitrogen and oxygen atoms in total. The topological polar surface area (TPSA) is 0 Å². The third-order valence-corrected chi connectivity index (χ3v) is 2.30. The zero-order chi connectivity index (χ0) is 12.8. The zero-order valence-electron chi connectivity index (χ0n) is 12.8. The fourth-order valence-electron chi connectivity index (χ4n) is 1.29. The quantitative estimate of drug-likeness (QED) is 0.180. The molecule has 0 aliphatic heterocycles. The Hall–Kier alpha value is 0.869. The average Bonchev–Trinajstić information content (AvgIpc) is 2.18. The molecule has 0 aromatic heterocycles. The van der Waals surface area contributed by atoms with Crippen LogP contribution < -0.4 is 0 Å². The number of rotatable bonds is 8. The van der Waals surface area contributed by atoms with Gasteiger partial charge >= 0.3 is 34.1 Å². The molecule has 0 bridgehead atoms. The molecular formula is C16H31Cu2S. The maximum absolute atomic E-state index is 5.19. The normalized spacial score (nSPS) is 8.32. The maximum Gasteiger partial charge on any atom is 2.00 e. The third-order valence-electron chi connectivity index (χ3n) is 2.30. The Labute approximate surface area is 150 Å². The summed E-state index contributed by atoms with van der Waals surface area (Å²) < 4.78 is 0. The predicted molar refractivity (Wildman–Crippen MR) is 83.9 cm³/mol. The molecule has 0 atom stereocenters. The van der Waals surface area contributed by atoms with E-state index in [2.05, 4.69) is 27.7 Å². The molecule has 0 spiro atoms. The van der Waals surface area contributed by atoms with Crippen LogP contribution in [0.25, 0.3) is 0 Å². The first-order chi connectivity index (χ1) is 7.54. The first-order valence-corrected chi connectivity index (χ1v) is 6.61. The second-order valence-corrected chi connectivity index (χ2v) is 5.12. The van der Waals surface area contributed by atoms with Crippen LogP contribution in [-0.4, -0.2) is 0 Å². The summed E-state index contributed by atoms with van der Waals surface area (Å²) in [5, 5.41) is 0. The minimum absolute atomic E-state index is 0. The summed E-state index contributed by atoms with van der Waals surface area (Å²) in [5.41, 5.74) is 0. The molecule has 0 saturated carbocycles. The minimum atomic E-state index is 0. The number of allylic oxidation sites excluding steroid dienone is 2. The molecule has 0 unspecified atom stereocenters. The molecular weight excluding hydrogens is 351 g/mol. The van der Waals surface area contributed by atoms with Gasteiger partial charge in [-0.05, 0) is 11.8 Å². The Bertz CT molecular complexity index is 139. The molecule has 0 rings (SSSR count). The van der Waals surface area contributed by atoms with Gasteiger partial charge in [0.25, 0.3) is 0 Å². The molecule has 0 fully saturated rings. The second kappa shape index (κ2) is 27.3. The van der Waals surface area contributed by atoms with E-state index >= 15 is 0 Å². The van der Waals surface area contributed by atoms with Crippen molar-refractivity contribution in [3.05, 3.63) is 25.3 Å². The molecule has 0 heterocycles. The number of hydrogen-bond acceptors (Lipinski definition) is 1. The fraction of sp³-hybridized carbons (Fsp3) is 0.750. The molecule has 3 heteroatoms. The van der Waals surface area contributed by atoms with Crippen LogP contribution in [0.5, 0.6) is 0 Å². The molecule has 123 valence electrons. The van der Waals surface area contributed by atoms with E-state index in [1.54, 1.807) is 12.2 Å². The van der Waals surface area contributed by atoms with Gasteiger partial charge in [0.05, 0.1) is 0 Å². The summed E-state index contributed by atoms with van der Waals surface area (Å²) in [6.07, 6.45) is 10.7. The monoisotopic (exact) mass is 381 g/mol. The van der Waals surface area contributed by atoms with Gasteiger partial charge in [0.2, 0.25) is 0 Å². The molecule has 0 N–H and O–H groups in total. The first-order valence-electron chi connectivity index (χ1n) is 6.61. The van der Waals surface area contributed by atoms with Crippen molar-refractivity contribution >= 4 is 13.5 Å². The Balaban J connectivity index is -0.0000000594. The molecule has 0 amide bonds. The van der Waals surface area contributed by atoms with Gasteiger partial charge in [-0.2, -0.15) is 0 Å². The smallest absolute Gasteiger partial charge is 0.813 e. The van der Waals surface area contributed by atoms with Gasteiger partial charge in [0.1, 0.15) is 0 Å². The zero-order valence-corrected chi connectivity index (χ0v) is 15.5. The van der Waals surface area contributed by atoms with Gasteiger partial charge in [0.15, 0.2) is 0 Å².